The van der Waals surface area contributed by atoms with Crippen LogP contribution in [0.2, 0.25) is 17.3 Å². The van der Waals surface area contributed by atoms with Crippen LogP contribution in [0, 0.1) is 45.7 Å². The first-order valence-corrected chi connectivity index (χ1v) is 31.5. The van der Waals surface area contributed by atoms with Crippen molar-refractivity contribution in [1.29, 1.82) is 0 Å². The van der Waals surface area contributed by atoms with Gasteiger partial charge in [0.1, 0.15) is 16.0 Å². The van der Waals surface area contributed by atoms with Crippen LogP contribution in [0.5, 0.6) is 0 Å². The van der Waals surface area contributed by atoms with Gasteiger partial charge in [-0.3, -0.25) is 0 Å². The van der Waals surface area contributed by atoms with E-state index in [1.54, 1.807) is 29.5 Å². The number of rotatable bonds is 7. The van der Waals surface area contributed by atoms with Crippen LogP contribution in [0.25, 0.3) is 70.1 Å². The van der Waals surface area contributed by atoms with Gasteiger partial charge in [-0.2, -0.15) is 23.5 Å². The molecule has 2 aliphatic rings. The molecule has 0 bridgehead atoms. The molecule has 1 fully saturated rings. The van der Waals surface area contributed by atoms with E-state index in [0.29, 0.717) is 11.3 Å². The van der Waals surface area contributed by atoms with Crippen molar-refractivity contribution in [2.24, 2.45) is 5.92 Å². The molecule has 5 heterocycles. The molecule has 68 heavy (non-hydrogen) atoms. The van der Waals surface area contributed by atoms with E-state index in [4.69, 9.17) is 21.6 Å². The monoisotopic (exact) mass is 1150 g/mol. The van der Waals surface area contributed by atoms with Crippen LogP contribution in [-0.4, -0.2) is 23.2 Å². The summed E-state index contributed by atoms with van der Waals surface area (Å²) in [7, 11) is 0. The first-order valence-electron chi connectivity index (χ1n) is 25.8. The normalized spacial score (nSPS) is 16.4. The van der Waals surface area contributed by atoms with E-state index in [-0.39, 0.29) is 37.8 Å². The number of hydrogen-bond donors (Lipinski definition) is 0. The van der Waals surface area contributed by atoms with Crippen molar-refractivity contribution < 1.29 is 31.4 Å². The molecule has 0 N–H and O–H groups in total. The Hall–Kier alpha value is -5.57. The number of pyridine rings is 2. The first kappa shape index (κ1) is 40.3. The summed E-state index contributed by atoms with van der Waals surface area (Å²) in [6, 6.07) is 49.2. The molecule has 1 unspecified atom stereocenters. The van der Waals surface area contributed by atoms with E-state index in [9.17, 15) is 0 Å². The zero-order valence-electron chi connectivity index (χ0n) is 44.1. The van der Waals surface area contributed by atoms with Crippen molar-refractivity contribution in [3.63, 3.8) is 0 Å². The Morgan fingerprint density at radius 1 is 0.838 bits per heavy atom. The molecule has 340 valence electrons. The summed E-state index contributed by atoms with van der Waals surface area (Å²) < 4.78 is 49.6. The van der Waals surface area contributed by atoms with Crippen LogP contribution in [0.3, 0.4) is 0 Å². The number of thiophene rings is 1. The zero-order valence-corrected chi connectivity index (χ0v) is 44.4. The molecule has 10 aromatic rings. The molecule has 5 nitrogen and oxygen atoms in total. The predicted molar refractivity (Wildman–Crippen MR) is 286 cm³/mol. The number of nitrogens with zero attached hydrogens (tertiary/aromatic N) is 4. The Morgan fingerprint density at radius 3 is 2.43 bits per heavy atom. The summed E-state index contributed by atoms with van der Waals surface area (Å²) in [6.45, 7) is 4.35. The van der Waals surface area contributed by atoms with Crippen LogP contribution >= 0.6 is 11.3 Å². The van der Waals surface area contributed by atoms with Gasteiger partial charge in [-0.15, -0.1) is 22.2 Å². The second-order valence-electron chi connectivity index (χ2n) is 19.1. The fraction of sp³-hybridized carbons (Fsp3) is 0.233. The Bertz CT molecular complexity index is 3710. The minimum absolute atomic E-state index is 0. The second-order valence-corrected chi connectivity index (χ2v) is 30.7. The summed E-state index contributed by atoms with van der Waals surface area (Å²) >= 11 is -0.614. The maximum atomic E-state index is 8.95. The summed E-state index contributed by atoms with van der Waals surface area (Å²) in [4.78, 5) is 13.2. The summed E-state index contributed by atoms with van der Waals surface area (Å²) in [5.74, 6) is 6.80. The predicted octanol–water partition coefficient (Wildman–Crippen LogP) is 16.7. The van der Waals surface area contributed by atoms with Crippen molar-refractivity contribution in [2.75, 3.05) is 4.90 Å². The molecule has 0 spiro atoms. The van der Waals surface area contributed by atoms with Gasteiger partial charge >= 0.3 is 171 Å². The Kier molecular flexibility index (Phi) is 11.1. The van der Waals surface area contributed by atoms with E-state index >= 15 is 0 Å². The number of benzene rings is 6. The van der Waals surface area contributed by atoms with E-state index in [2.05, 4.69) is 145 Å². The van der Waals surface area contributed by atoms with E-state index < -0.39 is 26.5 Å². The standard InChI is InChI=1S/C39H27N3OS.C21H28GeN.Ir/c1-22-17-18-28(37-34(22)27-19-20-30(41-39(27)44-37)25-11-5-4-6-12-25)38-40-31-14-8-9-15-32(31)42(38)35-23(2)21-29-26-13-7-10-16-33(26)43-36(29)24(35)3;1-16-8-7-11-18(12-16)21-14-19(13-17-9-5-6-10-17)20(15-23-21)22(2,3)4;/h4-17,19-21,38H,1-3H3;7-8,12,14-15,17H,5-6,9-10,13H2,1-4H3;/q-2;-1;+3/i;1D3,13D2;. The van der Waals surface area contributed by atoms with Crippen LogP contribution in [0.4, 0.5) is 17.1 Å². The van der Waals surface area contributed by atoms with Gasteiger partial charge in [0.15, 0.2) is 0 Å². The quantitative estimate of drug-likeness (QED) is 0.118. The number of aromatic nitrogens is 2. The summed E-state index contributed by atoms with van der Waals surface area (Å²) in [5, 5.41) is 10.1. The minimum Gasteiger partial charge on any atom is 3.00 e. The van der Waals surface area contributed by atoms with Gasteiger partial charge in [0, 0.05) is 33.3 Å². The summed E-state index contributed by atoms with van der Waals surface area (Å²) in [6.07, 6.45) is 4.17. The maximum absolute atomic E-state index is 8.95. The van der Waals surface area contributed by atoms with Gasteiger partial charge in [0.2, 0.25) is 0 Å². The van der Waals surface area contributed by atoms with Crippen molar-refractivity contribution in [2.45, 2.75) is 83.1 Å². The topological polar surface area (TPSA) is 56.3 Å². The van der Waals surface area contributed by atoms with Crippen LogP contribution in [0.1, 0.15) is 72.1 Å². The Labute approximate surface area is 427 Å². The largest absolute Gasteiger partial charge is 3.00 e. The number of para-hydroxylation sites is 3. The third-order valence-electron chi connectivity index (χ3n) is 13.4. The number of aryl methyl sites for hydroxylation is 4. The molecule has 8 heteroatoms. The Balaban J connectivity index is 0.000000183. The van der Waals surface area contributed by atoms with Crippen molar-refractivity contribution in [3.05, 3.63) is 184 Å². The first-order chi connectivity index (χ1) is 34.5. The molecule has 0 radical (unpaired) electrons. The van der Waals surface area contributed by atoms with E-state index in [1.807, 2.05) is 30.5 Å². The van der Waals surface area contributed by atoms with Crippen LogP contribution < -0.4 is 9.30 Å². The van der Waals surface area contributed by atoms with Crippen molar-refractivity contribution >= 4 is 88.3 Å². The molecule has 1 atom stereocenters. The number of furan rings is 1. The smallest absolute Gasteiger partial charge is 3.00 e. The molecule has 0 saturated heterocycles. The van der Waals surface area contributed by atoms with Gasteiger partial charge in [-0.25, -0.2) is 4.98 Å². The molecule has 6 aromatic carbocycles. The van der Waals surface area contributed by atoms with Gasteiger partial charge in [0.25, 0.3) is 0 Å². The van der Waals surface area contributed by atoms with Crippen LogP contribution in [-0.2, 0) is 26.5 Å². The number of fused-ring (bicyclic) bond motifs is 7. The van der Waals surface area contributed by atoms with Crippen LogP contribution in [0.15, 0.2) is 138 Å². The SMILES string of the molecule is Cc1cc2c(oc3ccccc32)c(C)c1N1c2ccccc2[N-]C1c1[c-]cc(C)c2c1sc1nc(-c3ccccc3)ccc12.[2H]C([2H])([2H])c1cc[c-]c(-c2cc(C([2H])([2H])C3CCCC3)[c]([Ge]([CH3])([CH3])[CH3])cn2)c1.[Ir+3]. The molecule has 1 aliphatic heterocycles. The molecular formula is C60H55GeIrN4OS. The Morgan fingerprint density at radius 2 is 1.62 bits per heavy atom. The third-order valence-corrected chi connectivity index (χ3v) is 18.8. The van der Waals surface area contributed by atoms with Gasteiger partial charge < -0.3 is 14.6 Å². The van der Waals surface area contributed by atoms with Gasteiger partial charge in [-0.1, -0.05) is 84.4 Å². The molecule has 12 rings (SSSR count). The summed E-state index contributed by atoms with van der Waals surface area (Å²) in [5.41, 5.74) is 13.9. The molecule has 0 amide bonds. The maximum Gasteiger partial charge on any atom is 3.00 e. The van der Waals surface area contributed by atoms with Crippen molar-refractivity contribution in [1.82, 2.24) is 9.97 Å². The van der Waals surface area contributed by atoms with Crippen molar-refractivity contribution in [3.8, 4) is 22.5 Å². The number of hydrogen-bond acceptors (Lipinski definition) is 5. The van der Waals surface area contributed by atoms with Gasteiger partial charge in [0.05, 0.1) is 5.69 Å². The van der Waals surface area contributed by atoms with E-state index in [1.165, 1.54) is 26.6 Å². The molecular weight excluding hydrogens is 1090 g/mol. The average molecular weight is 1150 g/mol. The fourth-order valence-electron chi connectivity index (χ4n) is 10.1. The second kappa shape index (κ2) is 18.7. The molecule has 4 aromatic heterocycles. The zero-order chi connectivity index (χ0) is 50.3. The van der Waals surface area contributed by atoms with Gasteiger partial charge in [-0.05, 0) is 55.2 Å². The minimum atomic E-state index is -2.35. The number of anilines is 2. The van der Waals surface area contributed by atoms with E-state index in [0.717, 1.165) is 102 Å². The molecule has 1 aliphatic carbocycles. The third kappa shape index (κ3) is 8.50. The fourth-order valence-corrected chi connectivity index (χ4v) is 14.4. The average Bonchev–Trinajstić information content (AvgIpc) is 4.20. The molecule has 1 saturated carbocycles.